The summed E-state index contributed by atoms with van der Waals surface area (Å²) in [6, 6.07) is 0. The van der Waals surface area contributed by atoms with Gasteiger partial charge in [0, 0.05) is 15.7 Å². The molecule has 0 amide bonds. The molecule has 3 rings (SSSR count). The van der Waals surface area contributed by atoms with Crippen LogP contribution in [0.2, 0.25) is 0 Å². The second kappa shape index (κ2) is 3.77. The van der Waals surface area contributed by atoms with Crippen molar-refractivity contribution in [1.29, 1.82) is 0 Å². The number of alkyl halides is 2. The van der Waals surface area contributed by atoms with E-state index in [1.807, 2.05) is 0 Å². The predicted octanol–water partition coefficient (Wildman–Crippen LogP) is 4.67. The maximum atomic E-state index is 6.66. The third-order valence-electron chi connectivity index (χ3n) is 5.91. The van der Waals surface area contributed by atoms with Crippen molar-refractivity contribution in [3.05, 3.63) is 12.2 Å². The zero-order valence-corrected chi connectivity index (χ0v) is 13.8. The zero-order valence-electron chi connectivity index (χ0n) is 11.4. The summed E-state index contributed by atoms with van der Waals surface area (Å²) in [7, 11) is 0. The van der Waals surface area contributed by atoms with Gasteiger partial charge in [0.25, 0.3) is 0 Å². The van der Waals surface area contributed by atoms with E-state index in [2.05, 4.69) is 43.3 Å². The van der Waals surface area contributed by atoms with E-state index in [9.17, 15) is 0 Å². The summed E-state index contributed by atoms with van der Waals surface area (Å²) < 4.78 is 6.38. The van der Waals surface area contributed by atoms with Crippen molar-refractivity contribution in [2.75, 3.05) is 0 Å². The van der Waals surface area contributed by atoms with E-state index in [4.69, 9.17) is 16.3 Å². The summed E-state index contributed by atoms with van der Waals surface area (Å²) in [6.07, 6.45) is 4.84. The minimum atomic E-state index is -0.205. The molecule has 5 unspecified atom stereocenters. The molecule has 1 saturated heterocycles. The first-order valence-electron chi connectivity index (χ1n) is 6.88. The second-order valence-corrected chi connectivity index (χ2v) is 9.07. The molecule has 0 N–H and O–H groups in total. The highest BCUT2D eigenvalue weighted by Gasteiger charge is 2.68. The topological polar surface area (TPSA) is 9.23 Å². The molecule has 3 aliphatic rings. The molecular weight excluding hydrogens is 312 g/mol. The summed E-state index contributed by atoms with van der Waals surface area (Å²) in [6.45, 7) is 11.2. The molecule has 2 bridgehead atoms. The Morgan fingerprint density at radius 1 is 1.28 bits per heavy atom. The number of rotatable bonds is 0. The third-order valence-corrected chi connectivity index (χ3v) is 7.93. The lowest BCUT2D eigenvalue weighted by molar-refractivity contribution is 0.000826. The molecule has 3 heteroatoms. The molecule has 1 aliphatic heterocycles. The molecule has 0 aromatic rings. The Kier molecular flexibility index (Phi) is 2.82. The maximum absolute atomic E-state index is 6.66. The average Bonchev–Trinajstić information content (AvgIpc) is 2.38. The average molecular weight is 334 g/mol. The monoisotopic (exact) mass is 332 g/mol. The molecule has 0 aromatic heterocycles. The van der Waals surface area contributed by atoms with Crippen LogP contribution in [0.15, 0.2) is 12.2 Å². The molecule has 3 fully saturated rings. The van der Waals surface area contributed by atoms with E-state index in [0.29, 0.717) is 10.9 Å². The Labute approximate surface area is 123 Å². The van der Waals surface area contributed by atoms with Crippen LogP contribution in [0, 0.1) is 10.8 Å². The second-order valence-electron chi connectivity index (χ2n) is 7.10. The molecule has 102 valence electrons. The fourth-order valence-electron chi connectivity index (χ4n) is 4.57. The van der Waals surface area contributed by atoms with Crippen LogP contribution >= 0.6 is 27.5 Å². The van der Waals surface area contributed by atoms with Crippen LogP contribution in [0.3, 0.4) is 0 Å². The van der Waals surface area contributed by atoms with Crippen LogP contribution in [-0.4, -0.2) is 21.9 Å². The highest BCUT2D eigenvalue weighted by molar-refractivity contribution is 9.09. The first kappa shape index (κ1) is 13.5. The lowest BCUT2D eigenvalue weighted by Gasteiger charge is -2.55. The largest absolute Gasteiger partial charge is 0.373 e. The Balaban J connectivity index is 2.08. The van der Waals surface area contributed by atoms with Gasteiger partial charge in [-0.1, -0.05) is 41.9 Å². The van der Waals surface area contributed by atoms with E-state index in [0.717, 1.165) is 25.7 Å². The summed E-state index contributed by atoms with van der Waals surface area (Å²) in [5, 5.41) is 0. The fourth-order valence-corrected chi connectivity index (χ4v) is 5.49. The van der Waals surface area contributed by atoms with Gasteiger partial charge in [0.05, 0.1) is 17.1 Å². The normalized spacial score (nSPS) is 54.3. The number of hydrogen-bond acceptors (Lipinski definition) is 1. The minimum Gasteiger partial charge on any atom is -0.373 e. The quantitative estimate of drug-likeness (QED) is 0.462. The van der Waals surface area contributed by atoms with Crippen LogP contribution in [0.25, 0.3) is 0 Å². The Morgan fingerprint density at radius 3 is 2.61 bits per heavy atom. The molecule has 5 atom stereocenters. The highest BCUT2D eigenvalue weighted by Crippen LogP contribution is 2.68. The number of fused-ring (bicyclic) bond motifs is 1. The van der Waals surface area contributed by atoms with Gasteiger partial charge in [-0.2, -0.15) is 0 Å². The van der Waals surface area contributed by atoms with Gasteiger partial charge in [-0.15, -0.1) is 11.6 Å². The molecular formula is C15H22BrClO. The molecule has 2 aliphatic carbocycles. The molecule has 0 radical (unpaired) electrons. The van der Waals surface area contributed by atoms with E-state index >= 15 is 0 Å². The van der Waals surface area contributed by atoms with Crippen molar-refractivity contribution in [2.45, 2.75) is 68.4 Å². The van der Waals surface area contributed by atoms with Crippen molar-refractivity contribution in [2.24, 2.45) is 10.8 Å². The number of halogens is 2. The minimum absolute atomic E-state index is 0.123. The van der Waals surface area contributed by atoms with Gasteiger partial charge in [-0.05, 0) is 32.6 Å². The van der Waals surface area contributed by atoms with Gasteiger partial charge in [-0.3, -0.25) is 0 Å². The van der Waals surface area contributed by atoms with Gasteiger partial charge in [0.2, 0.25) is 0 Å². The zero-order chi connectivity index (χ0) is 13.3. The SMILES string of the molecule is C=C1CCC2OC3CC(C)(Cl)C(Br)CC13C2(C)C. The first-order chi connectivity index (χ1) is 8.22. The predicted molar refractivity (Wildman–Crippen MR) is 79.5 cm³/mol. The Morgan fingerprint density at radius 2 is 1.94 bits per heavy atom. The molecule has 1 heterocycles. The molecule has 2 saturated carbocycles. The van der Waals surface area contributed by atoms with Crippen molar-refractivity contribution < 1.29 is 4.74 Å². The van der Waals surface area contributed by atoms with Crippen LogP contribution < -0.4 is 0 Å². The summed E-state index contributed by atoms with van der Waals surface area (Å²) in [5.41, 5.74) is 1.70. The first-order valence-corrected chi connectivity index (χ1v) is 8.18. The molecule has 18 heavy (non-hydrogen) atoms. The number of hydrogen-bond donors (Lipinski definition) is 0. The smallest absolute Gasteiger partial charge is 0.0695 e. The standard InChI is InChI=1S/C15H22BrClO/c1-9-5-6-11-13(2,3)15(9)7-10(16)14(4,17)8-12(15)18-11/h10-12H,1,5-8H2,2-4H3. The summed E-state index contributed by atoms with van der Waals surface area (Å²) in [5.74, 6) is 0. The lowest BCUT2D eigenvalue weighted by Crippen LogP contribution is -2.55. The summed E-state index contributed by atoms with van der Waals surface area (Å²) >= 11 is 10.5. The van der Waals surface area contributed by atoms with E-state index in [1.54, 1.807) is 0 Å². The molecule has 1 nitrogen and oxygen atoms in total. The number of ether oxygens (including phenoxy) is 1. The van der Waals surface area contributed by atoms with Gasteiger partial charge < -0.3 is 4.74 Å². The van der Waals surface area contributed by atoms with E-state index in [-0.39, 0.29) is 21.8 Å². The van der Waals surface area contributed by atoms with Crippen LogP contribution in [0.1, 0.15) is 46.5 Å². The fraction of sp³-hybridized carbons (Fsp3) is 0.867. The van der Waals surface area contributed by atoms with E-state index in [1.165, 1.54) is 5.57 Å². The van der Waals surface area contributed by atoms with Gasteiger partial charge in [0.1, 0.15) is 0 Å². The van der Waals surface area contributed by atoms with Crippen LogP contribution in [0.5, 0.6) is 0 Å². The summed E-state index contributed by atoms with van der Waals surface area (Å²) in [4.78, 5) is 0.128. The highest BCUT2D eigenvalue weighted by atomic mass is 79.9. The van der Waals surface area contributed by atoms with Gasteiger partial charge in [0.15, 0.2) is 0 Å². The Hall–Kier alpha value is 0.470. The maximum Gasteiger partial charge on any atom is 0.0695 e. The van der Waals surface area contributed by atoms with Gasteiger partial charge in [-0.25, -0.2) is 0 Å². The van der Waals surface area contributed by atoms with Gasteiger partial charge >= 0.3 is 0 Å². The van der Waals surface area contributed by atoms with Crippen molar-refractivity contribution >= 4 is 27.5 Å². The van der Waals surface area contributed by atoms with Crippen LogP contribution in [0.4, 0.5) is 0 Å². The lowest BCUT2D eigenvalue weighted by atomic mass is 9.50. The third kappa shape index (κ3) is 1.43. The van der Waals surface area contributed by atoms with Crippen molar-refractivity contribution in [3.63, 3.8) is 0 Å². The van der Waals surface area contributed by atoms with Crippen LogP contribution in [-0.2, 0) is 4.74 Å². The van der Waals surface area contributed by atoms with Crippen molar-refractivity contribution in [3.8, 4) is 0 Å². The molecule has 1 spiro atoms. The Bertz CT molecular complexity index is 403. The molecule has 0 aromatic carbocycles. The van der Waals surface area contributed by atoms with Crippen molar-refractivity contribution in [1.82, 2.24) is 0 Å². The van der Waals surface area contributed by atoms with E-state index < -0.39 is 0 Å².